The standard InChI is InChI=1S/C29H20FN3/c1-29(2)24-7-3-5-9-26(24)33(27-10-6-4-8-25(27)29)23-13-11-19(12-14-23)28-20(17-31)15-22(30)16-21(28)18-32/h3-16H,1-2H3. The van der Waals surface area contributed by atoms with Crippen molar-refractivity contribution in [1.82, 2.24) is 0 Å². The molecule has 0 saturated carbocycles. The Morgan fingerprint density at radius 2 is 1.21 bits per heavy atom. The third kappa shape index (κ3) is 3.16. The van der Waals surface area contributed by atoms with Crippen molar-refractivity contribution in [2.75, 3.05) is 4.90 Å². The number of rotatable bonds is 2. The lowest BCUT2D eigenvalue weighted by molar-refractivity contribution is 0.627. The Morgan fingerprint density at radius 1 is 0.727 bits per heavy atom. The van der Waals surface area contributed by atoms with Crippen LogP contribution in [0.25, 0.3) is 11.1 Å². The maximum atomic E-state index is 13.8. The lowest BCUT2D eigenvalue weighted by atomic mass is 9.73. The highest BCUT2D eigenvalue weighted by Gasteiger charge is 2.36. The largest absolute Gasteiger partial charge is 0.310 e. The van der Waals surface area contributed by atoms with Gasteiger partial charge in [-0.25, -0.2) is 4.39 Å². The fourth-order valence-corrected chi connectivity index (χ4v) is 4.82. The van der Waals surface area contributed by atoms with Crippen LogP contribution in [0.3, 0.4) is 0 Å². The first-order valence-electron chi connectivity index (χ1n) is 10.7. The van der Waals surface area contributed by atoms with E-state index in [0.29, 0.717) is 11.1 Å². The molecule has 0 radical (unpaired) electrons. The second kappa shape index (κ2) is 7.62. The summed E-state index contributed by atoms with van der Waals surface area (Å²) in [6.45, 7) is 4.49. The molecule has 4 aromatic rings. The molecule has 0 unspecified atom stereocenters. The van der Waals surface area contributed by atoms with Crippen LogP contribution < -0.4 is 4.90 Å². The topological polar surface area (TPSA) is 50.8 Å². The lowest BCUT2D eigenvalue weighted by Gasteiger charge is -2.42. The minimum absolute atomic E-state index is 0.138. The number of para-hydroxylation sites is 2. The molecule has 0 amide bonds. The monoisotopic (exact) mass is 429 g/mol. The van der Waals surface area contributed by atoms with E-state index in [1.54, 1.807) is 0 Å². The Kier molecular flexibility index (Phi) is 4.73. The second-order valence-electron chi connectivity index (χ2n) is 8.64. The molecular formula is C29H20FN3. The van der Waals surface area contributed by atoms with Gasteiger partial charge in [-0.1, -0.05) is 62.4 Å². The van der Waals surface area contributed by atoms with Gasteiger partial charge in [-0.2, -0.15) is 10.5 Å². The van der Waals surface area contributed by atoms with Gasteiger partial charge in [-0.05, 0) is 53.1 Å². The number of nitriles is 2. The zero-order chi connectivity index (χ0) is 23.2. The molecule has 0 saturated heterocycles. The summed E-state index contributed by atoms with van der Waals surface area (Å²) in [6.07, 6.45) is 0. The number of nitrogens with zero attached hydrogens (tertiary/aromatic N) is 3. The van der Waals surface area contributed by atoms with Crippen molar-refractivity contribution in [3.8, 4) is 23.3 Å². The molecular weight excluding hydrogens is 409 g/mol. The Bertz CT molecular complexity index is 1390. The third-order valence-electron chi connectivity index (χ3n) is 6.39. The van der Waals surface area contributed by atoms with Gasteiger partial charge in [0.2, 0.25) is 0 Å². The fourth-order valence-electron chi connectivity index (χ4n) is 4.82. The molecule has 33 heavy (non-hydrogen) atoms. The van der Waals surface area contributed by atoms with E-state index in [2.05, 4.69) is 55.1 Å². The van der Waals surface area contributed by atoms with E-state index < -0.39 is 5.82 Å². The van der Waals surface area contributed by atoms with Crippen LogP contribution in [0.1, 0.15) is 36.1 Å². The molecule has 1 heterocycles. The molecule has 4 heteroatoms. The molecule has 4 aromatic carbocycles. The molecule has 0 atom stereocenters. The first-order valence-corrected chi connectivity index (χ1v) is 10.7. The van der Waals surface area contributed by atoms with Crippen molar-refractivity contribution < 1.29 is 4.39 Å². The van der Waals surface area contributed by atoms with Gasteiger partial charge >= 0.3 is 0 Å². The Hall–Kier alpha value is -4.41. The maximum absolute atomic E-state index is 13.8. The zero-order valence-electron chi connectivity index (χ0n) is 18.3. The molecule has 158 valence electrons. The molecule has 5 rings (SSSR count). The summed E-state index contributed by atoms with van der Waals surface area (Å²) < 4.78 is 13.8. The predicted molar refractivity (Wildman–Crippen MR) is 128 cm³/mol. The molecule has 0 N–H and O–H groups in total. The van der Waals surface area contributed by atoms with E-state index in [-0.39, 0.29) is 16.5 Å². The zero-order valence-corrected chi connectivity index (χ0v) is 18.3. The number of anilines is 3. The van der Waals surface area contributed by atoms with Gasteiger partial charge in [0.15, 0.2) is 0 Å². The van der Waals surface area contributed by atoms with E-state index in [0.717, 1.165) is 17.1 Å². The average molecular weight is 429 g/mol. The number of hydrogen-bond donors (Lipinski definition) is 0. The van der Waals surface area contributed by atoms with Gasteiger partial charge in [0.05, 0.1) is 34.6 Å². The summed E-state index contributed by atoms with van der Waals surface area (Å²) in [5, 5.41) is 19.0. The highest BCUT2D eigenvalue weighted by Crippen LogP contribution is 2.51. The van der Waals surface area contributed by atoms with E-state index >= 15 is 0 Å². The van der Waals surface area contributed by atoms with E-state index in [1.165, 1.54) is 23.3 Å². The molecule has 1 aliphatic rings. The number of benzene rings is 4. The Morgan fingerprint density at radius 3 is 1.70 bits per heavy atom. The molecule has 1 aliphatic heterocycles. The minimum atomic E-state index is -0.590. The van der Waals surface area contributed by atoms with Crippen LogP contribution in [0, 0.1) is 28.5 Å². The van der Waals surface area contributed by atoms with Gasteiger partial charge in [-0.15, -0.1) is 0 Å². The van der Waals surface area contributed by atoms with Crippen LogP contribution in [0.4, 0.5) is 21.5 Å². The van der Waals surface area contributed by atoms with Crippen molar-refractivity contribution in [1.29, 1.82) is 10.5 Å². The summed E-state index contributed by atoms with van der Waals surface area (Å²) in [5.74, 6) is -0.590. The molecule has 0 aliphatic carbocycles. The summed E-state index contributed by atoms with van der Waals surface area (Å²) in [7, 11) is 0. The van der Waals surface area contributed by atoms with Crippen molar-refractivity contribution in [3.05, 3.63) is 113 Å². The highest BCUT2D eigenvalue weighted by atomic mass is 19.1. The molecule has 0 fully saturated rings. The molecule has 0 spiro atoms. The highest BCUT2D eigenvalue weighted by molar-refractivity contribution is 5.87. The Labute approximate surface area is 192 Å². The van der Waals surface area contributed by atoms with Crippen molar-refractivity contribution >= 4 is 17.1 Å². The molecule has 3 nitrogen and oxygen atoms in total. The van der Waals surface area contributed by atoms with Gasteiger partial charge in [0.25, 0.3) is 0 Å². The normalized spacial score (nSPS) is 13.4. The quantitative estimate of drug-likeness (QED) is 0.335. The van der Waals surface area contributed by atoms with Crippen LogP contribution in [-0.2, 0) is 5.41 Å². The summed E-state index contributed by atoms with van der Waals surface area (Å²) in [6, 6.07) is 30.9. The van der Waals surface area contributed by atoms with E-state index in [9.17, 15) is 14.9 Å². The number of halogens is 1. The maximum Gasteiger partial charge on any atom is 0.125 e. The van der Waals surface area contributed by atoms with Crippen LogP contribution in [0.5, 0.6) is 0 Å². The van der Waals surface area contributed by atoms with Crippen LogP contribution in [-0.4, -0.2) is 0 Å². The summed E-state index contributed by atoms with van der Waals surface area (Å²) in [5.41, 5.74) is 6.99. The Balaban J connectivity index is 1.67. The predicted octanol–water partition coefficient (Wildman–Crippen LogP) is 7.35. The average Bonchev–Trinajstić information content (AvgIpc) is 2.84. The summed E-state index contributed by atoms with van der Waals surface area (Å²) in [4.78, 5) is 2.24. The molecule has 0 aromatic heterocycles. The summed E-state index contributed by atoms with van der Waals surface area (Å²) >= 11 is 0. The van der Waals surface area contributed by atoms with Crippen LogP contribution in [0.15, 0.2) is 84.9 Å². The van der Waals surface area contributed by atoms with Gasteiger partial charge < -0.3 is 4.90 Å². The van der Waals surface area contributed by atoms with Gasteiger partial charge in [0, 0.05) is 16.7 Å². The third-order valence-corrected chi connectivity index (χ3v) is 6.39. The first-order chi connectivity index (χ1) is 16.0. The lowest BCUT2D eigenvalue weighted by Crippen LogP contribution is -2.30. The van der Waals surface area contributed by atoms with Gasteiger partial charge in [0.1, 0.15) is 5.82 Å². The fraction of sp³-hybridized carbons (Fsp3) is 0.103. The second-order valence-corrected chi connectivity index (χ2v) is 8.64. The minimum Gasteiger partial charge on any atom is -0.310 e. The first kappa shape index (κ1) is 20.5. The molecule has 0 bridgehead atoms. The van der Waals surface area contributed by atoms with Crippen molar-refractivity contribution in [3.63, 3.8) is 0 Å². The number of fused-ring (bicyclic) bond motifs is 2. The SMILES string of the molecule is CC1(C)c2ccccc2N(c2ccc(-c3c(C#N)cc(F)cc3C#N)cc2)c2ccccc21. The van der Waals surface area contributed by atoms with Crippen LogP contribution in [0.2, 0.25) is 0 Å². The van der Waals surface area contributed by atoms with Crippen molar-refractivity contribution in [2.24, 2.45) is 0 Å². The number of hydrogen-bond acceptors (Lipinski definition) is 3. The van der Waals surface area contributed by atoms with Gasteiger partial charge in [-0.3, -0.25) is 0 Å². The smallest absolute Gasteiger partial charge is 0.125 e. The van der Waals surface area contributed by atoms with Crippen LogP contribution >= 0.6 is 0 Å². The van der Waals surface area contributed by atoms with E-state index in [4.69, 9.17) is 0 Å². The van der Waals surface area contributed by atoms with E-state index in [1.807, 2.05) is 48.5 Å². The van der Waals surface area contributed by atoms with Crippen molar-refractivity contribution in [2.45, 2.75) is 19.3 Å².